The van der Waals surface area contributed by atoms with Gasteiger partial charge in [-0.05, 0) is 24.8 Å². The SMILES string of the molecule is O=C1[C@@H]2CC=C(Cl)C[C@H]2C(=O)N1CCc1ccccc1. The zero-order chi connectivity index (χ0) is 14.1. The van der Waals surface area contributed by atoms with Crippen molar-refractivity contribution in [3.8, 4) is 0 Å². The van der Waals surface area contributed by atoms with E-state index in [0.29, 0.717) is 30.8 Å². The summed E-state index contributed by atoms with van der Waals surface area (Å²) in [4.78, 5) is 26.1. The standard InChI is InChI=1S/C16H16ClNO2/c17-12-6-7-13-14(10-12)16(20)18(15(13)19)9-8-11-4-2-1-3-5-11/h1-6,13-14H,7-10H2/t13-,14-/m1/s1. The van der Waals surface area contributed by atoms with Gasteiger partial charge in [-0.15, -0.1) is 0 Å². The van der Waals surface area contributed by atoms with Crippen LogP contribution >= 0.6 is 11.6 Å². The van der Waals surface area contributed by atoms with Crippen molar-refractivity contribution in [3.63, 3.8) is 0 Å². The number of nitrogens with zero attached hydrogens (tertiary/aromatic N) is 1. The Labute approximate surface area is 123 Å². The first-order chi connectivity index (χ1) is 9.66. The number of rotatable bonds is 3. The van der Waals surface area contributed by atoms with E-state index in [4.69, 9.17) is 11.6 Å². The monoisotopic (exact) mass is 289 g/mol. The summed E-state index contributed by atoms with van der Waals surface area (Å²) in [6.07, 6.45) is 3.68. The number of amides is 2. The average Bonchev–Trinajstić information content (AvgIpc) is 2.70. The molecule has 0 N–H and O–H groups in total. The van der Waals surface area contributed by atoms with E-state index >= 15 is 0 Å². The van der Waals surface area contributed by atoms with Crippen molar-refractivity contribution in [2.45, 2.75) is 19.3 Å². The van der Waals surface area contributed by atoms with E-state index in [2.05, 4.69) is 0 Å². The highest BCUT2D eigenvalue weighted by atomic mass is 35.5. The topological polar surface area (TPSA) is 37.4 Å². The lowest BCUT2D eigenvalue weighted by molar-refractivity contribution is -0.139. The largest absolute Gasteiger partial charge is 0.282 e. The van der Waals surface area contributed by atoms with Crippen molar-refractivity contribution in [2.24, 2.45) is 11.8 Å². The van der Waals surface area contributed by atoms with E-state index in [1.54, 1.807) is 0 Å². The number of benzene rings is 1. The molecule has 0 radical (unpaired) electrons. The normalized spacial score (nSPS) is 25.6. The summed E-state index contributed by atoms with van der Waals surface area (Å²) >= 11 is 6.00. The number of likely N-dealkylation sites (tertiary alicyclic amines) is 1. The summed E-state index contributed by atoms with van der Waals surface area (Å²) in [6, 6.07) is 9.91. The van der Waals surface area contributed by atoms with Crippen LogP contribution in [0.25, 0.3) is 0 Å². The fraction of sp³-hybridized carbons (Fsp3) is 0.375. The lowest BCUT2D eigenvalue weighted by Gasteiger charge is -2.17. The average molecular weight is 290 g/mol. The maximum Gasteiger partial charge on any atom is 0.233 e. The van der Waals surface area contributed by atoms with Gasteiger partial charge in [-0.3, -0.25) is 14.5 Å². The Morgan fingerprint density at radius 3 is 2.55 bits per heavy atom. The molecule has 0 unspecified atom stereocenters. The summed E-state index contributed by atoms with van der Waals surface area (Å²) < 4.78 is 0. The third kappa shape index (κ3) is 2.38. The third-order valence-electron chi connectivity index (χ3n) is 4.13. The van der Waals surface area contributed by atoms with Crippen molar-refractivity contribution >= 4 is 23.4 Å². The van der Waals surface area contributed by atoms with Crippen LogP contribution in [0.2, 0.25) is 0 Å². The summed E-state index contributed by atoms with van der Waals surface area (Å²) in [5.41, 5.74) is 1.14. The molecule has 20 heavy (non-hydrogen) atoms. The molecule has 1 aliphatic carbocycles. The second kappa shape index (κ2) is 5.41. The van der Waals surface area contributed by atoms with Gasteiger partial charge in [0.15, 0.2) is 0 Å². The fourth-order valence-electron chi connectivity index (χ4n) is 3.00. The lowest BCUT2D eigenvalue weighted by Crippen LogP contribution is -2.33. The molecule has 1 aliphatic heterocycles. The first-order valence-electron chi connectivity index (χ1n) is 6.90. The Balaban J connectivity index is 1.69. The minimum atomic E-state index is -0.240. The summed E-state index contributed by atoms with van der Waals surface area (Å²) in [5, 5.41) is 0.706. The van der Waals surface area contributed by atoms with Crippen LogP contribution in [0.15, 0.2) is 41.4 Å². The van der Waals surface area contributed by atoms with E-state index < -0.39 is 0 Å². The molecule has 1 aromatic carbocycles. The highest BCUT2D eigenvalue weighted by Gasteiger charge is 2.47. The first-order valence-corrected chi connectivity index (χ1v) is 7.28. The number of carbonyl (C=O) groups is 2. The minimum Gasteiger partial charge on any atom is -0.282 e. The molecule has 3 nitrogen and oxygen atoms in total. The maximum atomic E-state index is 12.3. The van der Waals surface area contributed by atoms with Crippen LogP contribution in [0, 0.1) is 11.8 Å². The predicted molar refractivity (Wildman–Crippen MR) is 77.0 cm³/mol. The molecular formula is C16H16ClNO2. The van der Waals surface area contributed by atoms with E-state index in [1.807, 2.05) is 36.4 Å². The van der Waals surface area contributed by atoms with Gasteiger partial charge in [-0.2, -0.15) is 0 Å². The van der Waals surface area contributed by atoms with E-state index in [-0.39, 0.29) is 23.7 Å². The third-order valence-corrected chi connectivity index (χ3v) is 4.44. The number of fused-ring (bicyclic) bond motifs is 1. The number of halogens is 1. The molecule has 2 atom stereocenters. The van der Waals surface area contributed by atoms with Crippen LogP contribution < -0.4 is 0 Å². The van der Waals surface area contributed by atoms with E-state index in [9.17, 15) is 9.59 Å². The van der Waals surface area contributed by atoms with Crippen LogP contribution in [0.1, 0.15) is 18.4 Å². The predicted octanol–water partition coefficient (Wildman–Crippen LogP) is 2.75. The van der Waals surface area contributed by atoms with Gasteiger partial charge >= 0.3 is 0 Å². The molecule has 2 amide bonds. The maximum absolute atomic E-state index is 12.3. The minimum absolute atomic E-state index is 0.0312. The van der Waals surface area contributed by atoms with Crippen LogP contribution in [-0.4, -0.2) is 23.3 Å². The molecule has 1 fully saturated rings. The van der Waals surface area contributed by atoms with E-state index in [1.165, 1.54) is 4.90 Å². The summed E-state index contributed by atoms with van der Waals surface area (Å²) in [7, 11) is 0. The van der Waals surface area contributed by atoms with Gasteiger partial charge in [0.1, 0.15) is 0 Å². The van der Waals surface area contributed by atoms with Gasteiger partial charge in [-0.1, -0.05) is 48.0 Å². The molecule has 0 saturated carbocycles. The molecule has 0 aromatic heterocycles. The number of hydrogen-bond acceptors (Lipinski definition) is 2. The molecule has 0 spiro atoms. The summed E-state index contributed by atoms with van der Waals surface area (Å²) in [6.45, 7) is 0.465. The lowest BCUT2D eigenvalue weighted by atomic mass is 9.85. The number of carbonyl (C=O) groups excluding carboxylic acids is 2. The Morgan fingerprint density at radius 2 is 1.80 bits per heavy atom. The zero-order valence-corrected chi connectivity index (χ0v) is 11.8. The van der Waals surface area contributed by atoms with Crippen molar-refractivity contribution < 1.29 is 9.59 Å². The van der Waals surface area contributed by atoms with Crippen LogP contribution in [0.3, 0.4) is 0 Å². The zero-order valence-electron chi connectivity index (χ0n) is 11.1. The van der Waals surface area contributed by atoms with Gasteiger partial charge in [0.05, 0.1) is 11.8 Å². The van der Waals surface area contributed by atoms with Crippen molar-refractivity contribution in [3.05, 3.63) is 47.0 Å². The molecule has 0 bridgehead atoms. The van der Waals surface area contributed by atoms with Gasteiger partial charge in [0.25, 0.3) is 0 Å². The van der Waals surface area contributed by atoms with Crippen molar-refractivity contribution in [1.82, 2.24) is 4.90 Å². The Hall–Kier alpha value is -1.61. The van der Waals surface area contributed by atoms with Gasteiger partial charge in [-0.25, -0.2) is 0 Å². The van der Waals surface area contributed by atoms with Gasteiger partial charge in [0, 0.05) is 11.6 Å². The fourth-order valence-corrected chi connectivity index (χ4v) is 3.26. The van der Waals surface area contributed by atoms with Crippen LogP contribution in [0.5, 0.6) is 0 Å². The number of hydrogen-bond donors (Lipinski definition) is 0. The second-order valence-corrected chi connectivity index (χ2v) is 5.85. The van der Waals surface area contributed by atoms with Crippen molar-refractivity contribution in [1.29, 1.82) is 0 Å². The van der Waals surface area contributed by atoms with Gasteiger partial charge < -0.3 is 0 Å². The molecule has 104 valence electrons. The summed E-state index contributed by atoms with van der Waals surface area (Å²) in [5.74, 6) is -0.518. The Kier molecular flexibility index (Phi) is 3.62. The smallest absolute Gasteiger partial charge is 0.233 e. The molecule has 4 heteroatoms. The number of allylic oxidation sites excluding steroid dienone is 2. The molecule has 1 heterocycles. The highest BCUT2D eigenvalue weighted by Crippen LogP contribution is 2.38. The van der Waals surface area contributed by atoms with E-state index in [0.717, 1.165) is 5.56 Å². The van der Waals surface area contributed by atoms with Crippen LogP contribution in [-0.2, 0) is 16.0 Å². The quantitative estimate of drug-likeness (QED) is 0.803. The Morgan fingerprint density at radius 1 is 1.10 bits per heavy atom. The molecule has 2 aliphatic rings. The molecular weight excluding hydrogens is 274 g/mol. The molecule has 1 aromatic rings. The molecule has 3 rings (SSSR count). The van der Waals surface area contributed by atoms with Crippen LogP contribution in [0.4, 0.5) is 0 Å². The highest BCUT2D eigenvalue weighted by molar-refractivity contribution is 6.30. The first kappa shape index (κ1) is 13.4. The number of imide groups is 1. The Bertz CT molecular complexity index is 567. The van der Waals surface area contributed by atoms with Crippen molar-refractivity contribution in [2.75, 3.05) is 6.54 Å². The molecule has 1 saturated heterocycles. The van der Waals surface area contributed by atoms with Gasteiger partial charge in [0.2, 0.25) is 11.8 Å². The second-order valence-electron chi connectivity index (χ2n) is 5.37.